The Balaban J connectivity index is 2.31. The van der Waals surface area contributed by atoms with Gasteiger partial charge in [-0.25, -0.2) is 35.1 Å². The van der Waals surface area contributed by atoms with Gasteiger partial charge >= 0.3 is 12.7 Å². The fourth-order valence-electron chi connectivity index (χ4n) is 4.52. The molecular formula is C30H4F14N4O2. The first-order valence-corrected chi connectivity index (χ1v) is 12.4. The van der Waals surface area contributed by atoms with Gasteiger partial charge in [0, 0.05) is 10.4 Å². The Kier molecular flexibility index (Phi) is 9.31. The molecule has 0 saturated heterocycles. The predicted molar refractivity (Wildman–Crippen MR) is 135 cm³/mol. The molecule has 0 unspecified atom stereocenters. The zero-order valence-corrected chi connectivity index (χ0v) is 23.2. The number of alkyl halides is 6. The number of ether oxygens (including phenoxy) is 2. The molecule has 0 aromatic heterocycles. The molecule has 0 radical (unpaired) electrons. The van der Waals surface area contributed by atoms with Crippen LogP contribution in [0.1, 0.15) is 22.3 Å². The largest absolute Gasteiger partial charge is 0.573 e. The molecule has 0 fully saturated rings. The van der Waals surface area contributed by atoms with Crippen molar-refractivity contribution in [2.75, 3.05) is 0 Å². The van der Waals surface area contributed by atoms with E-state index in [9.17, 15) is 72.0 Å². The van der Waals surface area contributed by atoms with Crippen molar-refractivity contribution in [2.45, 2.75) is 12.7 Å². The monoisotopic (exact) mass is 718 g/mol. The van der Waals surface area contributed by atoms with Crippen molar-refractivity contribution in [3.63, 3.8) is 0 Å². The molecule has 6 nitrogen and oxygen atoms in total. The highest BCUT2D eigenvalue weighted by atomic mass is 19.4. The lowest BCUT2D eigenvalue weighted by atomic mass is 9.96. The molecule has 4 aromatic rings. The highest BCUT2D eigenvalue weighted by molar-refractivity contribution is 5.91. The van der Waals surface area contributed by atoms with Crippen molar-refractivity contribution in [2.24, 2.45) is 0 Å². The van der Waals surface area contributed by atoms with Crippen LogP contribution in [0.15, 0.2) is 24.3 Å². The third-order valence-corrected chi connectivity index (χ3v) is 6.50. The number of hydrogen-bond donors (Lipinski definition) is 0. The summed E-state index contributed by atoms with van der Waals surface area (Å²) in [5, 5.41) is 32.5. The van der Waals surface area contributed by atoms with Crippen LogP contribution in [0.3, 0.4) is 0 Å². The highest BCUT2D eigenvalue weighted by Gasteiger charge is 2.35. The summed E-state index contributed by atoms with van der Waals surface area (Å²) in [5.41, 5.74) is -11.0. The SMILES string of the molecule is N#C/C(c1c(F)c(F)c(C#N)c(F)c1F)=c1/cc2cc(OC(F)(F)F)/c(=C(\C#N)c3c(F)c(F)c(C#N)c(F)c3F)cc2cc1OC(F)(F)F. The average molecular weight is 718 g/mol. The maximum atomic E-state index is 14.9. The van der Waals surface area contributed by atoms with Gasteiger partial charge in [0.25, 0.3) is 0 Å². The lowest BCUT2D eigenvalue weighted by molar-refractivity contribution is -0.276. The summed E-state index contributed by atoms with van der Waals surface area (Å²) in [6.07, 6.45) is -11.5. The Hall–Kier alpha value is -6.54. The second-order valence-corrected chi connectivity index (χ2v) is 9.35. The maximum absolute atomic E-state index is 14.9. The molecular weight excluding hydrogens is 714 g/mol. The first kappa shape index (κ1) is 36.3. The van der Waals surface area contributed by atoms with Gasteiger partial charge in [-0.2, -0.15) is 21.0 Å². The van der Waals surface area contributed by atoms with E-state index < -0.39 is 125 Å². The second-order valence-electron chi connectivity index (χ2n) is 9.35. The fraction of sp³-hybridized carbons (Fsp3) is 0.0667. The Morgan fingerprint density at radius 2 is 0.740 bits per heavy atom. The molecule has 20 heteroatoms. The molecule has 50 heavy (non-hydrogen) atoms. The van der Waals surface area contributed by atoms with Crippen molar-refractivity contribution in [3.05, 3.63) is 103 Å². The molecule has 0 aliphatic heterocycles. The van der Waals surface area contributed by atoms with Crippen LogP contribution in [0.25, 0.3) is 21.9 Å². The molecule has 254 valence electrons. The minimum atomic E-state index is -5.75. The van der Waals surface area contributed by atoms with Crippen LogP contribution in [0.4, 0.5) is 61.5 Å². The van der Waals surface area contributed by atoms with Crippen LogP contribution < -0.4 is 19.9 Å². The molecule has 0 N–H and O–H groups in total. The van der Waals surface area contributed by atoms with Gasteiger partial charge in [0.1, 0.15) is 46.9 Å². The van der Waals surface area contributed by atoms with E-state index in [0.717, 1.165) is 24.3 Å². The van der Waals surface area contributed by atoms with E-state index in [1.807, 2.05) is 0 Å². The lowest BCUT2D eigenvalue weighted by Gasteiger charge is -2.16. The van der Waals surface area contributed by atoms with Crippen LogP contribution in [-0.4, -0.2) is 12.7 Å². The van der Waals surface area contributed by atoms with Gasteiger partial charge in [0.05, 0.1) is 22.3 Å². The minimum Gasteiger partial charge on any atom is -0.405 e. The number of benzene rings is 4. The Morgan fingerprint density at radius 1 is 0.460 bits per heavy atom. The number of hydrogen-bond acceptors (Lipinski definition) is 6. The van der Waals surface area contributed by atoms with Crippen LogP contribution in [0.2, 0.25) is 0 Å². The summed E-state index contributed by atoms with van der Waals surface area (Å²) in [7, 11) is 0. The van der Waals surface area contributed by atoms with E-state index in [-0.39, 0.29) is 24.3 Å². The average Bonchev–Trinajstić information content (AvgIpc) is 3.02. The Morgan fingerprint density at radius 3 is 0.960 bits per heavy atom. The summed E-state index contributed by atoms with van der Waals surface area (Å²) >= 11 is 0. The Bertz CT molecular complexity index is 2220. The standard InChI is InChI=1S/C30H4F14N4O2/c31-21-15(7-47)22(32)26(36)19(25(21)35)13(5-45)11-1-9-3-18(50-30(42,43)44)12(2-10(9)4-17(11)49-29(39,40)41)14(6-46)20-27(37)23(33)16(8-48)24(34)28(20)38/h1-4H/b13-11+,14-12+. The zero-order chi connectivity index (χ0) is 37.6. The topological polar surface area (TPSA) is 114 Å². The van der Waals surface area contributed by atoms with Crippen molar-refractivity contribution in [3.8, 4) is 35.8 Å². The molecule has 4 rings (SSSR count). The summed E-state index contributed by atoms with van der Waals surface area (Å²) in [4.78, 5) is 0. The molecule has 0 amide bonds. The second kappa shape index (κ2) is 12.8. The van der Waals surface area contributed by atoms with Crippen molar-refractivity contribution < 1.29 is 70.9 Å². The molecule has 0 bridgehead atoms. The van der Waals surface area contributed by atoms with Crippen molar-refractivity contribution in [1.29, 1.82) is 21.0 Å². The first-order chi connectivity index (χ1) is 23.2. The van der Waals surface area contributed by atoms with E-state index in [0.29, 0.717) is 0 Å². The molecule has 0 saturated carbocycles. The lowest BCUT2D eigenvalue weighted by Crippen LogP contribution is -2.25. The number of halogens is 14. The number of fused-ring (bicyclic) bond motifs is 1. The van der Waals surface area contributed by atoms with Gasteiger partial charge in [-0.3, -0.25) is 0 Å². The van der Waals surface area contributed by atoms with Crippen LogP contribution >= 0.6 is 0 Å². The van der Waals surface area contributed by atoms with Gasteiger partial charge < -0.3 is 9.47 Å². The molecule has 0 aliphatic rings. The van der Waals surface area contributed by atoms with Gasteiger partial charge in [-0.05, 0) is 35.0 Å². The zero-order valence-electron chi connectivity index (χ0n) is 23.2. The summed E-state index contributed by atoms with van der Waals surface area (Å²) in [6.45, 7) is 0. The van der Waals surface area contributed by atoms with Crippen molar-refractivity contribution in [1.82, 2.24) is 0 Å². The van der Waals surface area contributed by atoms with Gasteiger partial charge in [0.2, 0.25) is 0 Å². The van der Waals surface area contributed by atoms with Crippen LogP contribution in [0.5, 0.6) is 11.5 Å². The van der Waals surface area contributed by atoms with Gasteiger partial charge in [0.15, 0.2) is 46.5 Å². The van der Waals surface area contributed by atoms with Crippen LogP contribution in [-0.2, 0) is 0 Å². The minimum absolute atomic E-state index is 0.171. The highest BCUT2D eigenvalue weighted by Crippen LogP contribution is 2.33. The molecule has 4 aromatic carbocycles. The fourth-order valence-corrected chi connectivity index (χ4v) is 4.52. The molecule has 0 spiro atoms. The number of nitrogens with zero attached hydrogens (tertiary/aromatic N) is 4. The summed E-state index contributed by atoms with van der Waals surface area (Å²) in [6, 6.07) is 4.37. The summed E-state index contributed by atoms with van der Waals surface area (Å²) < 4.78 is 205. The third-order valence-electron chi connectivity index (χ3n) is 6.50. The van der Waals surface area contributed by atoms with E-state index in [2.05, 4.69) is 9.47 Å². The van der Waals surface area contributed by atoms with E-state index in [4.69, 9.17) is 10.5 Å². The van der Waals surface area contributed by atoms with Crippen molar-refractivity contribution >= 4 is 21.9 Å². The molecule has 0 heterocycles. The first-order valence-electron chi connectivity index (χ1n) is 12.4. The quantitative estimate of drug-likeness (QED) is 0.167. The predicted octanol–water partition coefficient (Wildman–Crippen LogP) is 6.94. The molecule has 0 atom stereocenters. The molecule has 0 aliphatic carbocycles. The smallest absolute Gasteiger partial charge is 0.405 e. The van der Waals surface area contributed by atoms with E-state index >= 15 is 0 Å². The maximum Gasteiger partial charge on any atom is 0.573 e. The van der Waals surface area contributed by atoms with Gasteiger partial charge in [-0.1, -0.05) is 0 Å². The summed E-state index contributed by atoms with van der Waals surface area (Å²) in [5.74, 6) is -22.8. The number of nitriles is 4. The number of rotatable bonds is 4. The van der Waals surface area contributed by atoms with Gasteiger partial charge in [-0.15, -0.1) is 26.3 Å². The normalized spacial score (nSPS) is 12.8. The third kappa shape index (κ3) is 6.34. The van der Waals surface area contributed by atoms with E-state index in [1.54, 1.807) is 0 Å². The Labute approximate surface area is 266 Å². The van der Waals surface area contributed by atoms with Crippen LogP contribution in [0, 0.1) is 91.9 Å². The van der Waals surface area contributed by atoms with E-state index in [1.165, 1.54) is 0 Å².